The van der Waals surface area contributed by atoms with Gasteiger partial charge in [0.2, 0.25) is 0 Å². The standard InChI is InChI=1S/C25H25NO4/c1-29-23-14-19-10-11-26(16-20(19)15-24(23)30-2)25(28)21-13-18(8-9-22(21)27)12-17-6-4-3-5-7-17/h3-9,13-15,27H,10-12,16H2,1-2H3. The molecule has 1 aliphatic heterocycles. The number of methoxy groups -OCH3 is 2. The molecule has 0 aromatic heterocycles. The molecule has 5 nitrogen and oxygen atoms in total. The molecule has 4 rings (SSSR count). The maximum absolute atomic E-state index is 13.2. The Hall–Kier alpha value is -3.47. The van der Waals surface area contributed by atoms with Crippen molar-refractivity contribution >= 4 is 5.91 Å². The van der Waals surface area contributed by atoms with E-state index in [2.05, 4.69) is 12.1 Å². The molecule has 0 unspecified atom stereocenters. The summed E-state index contributed by atoms with van der Waals surface area (Å²) in [6.45, 7) is 1.06. The van der Waals surface area contributed by atoms with E-state index < -0.39 is 0 Å². The van der Waals surface area contributed by atoms with Gasteiger partial charge in [-0.05, 0) is 59.4 Å². The summed E-state index contributed by atoms with van der Waals surface area (Å²) in [6, 6.07) is 19.3. The second-order valence-electron chi connectivity index (χ2n) is 7.47. The van der Waals surface area contributed by atoms with Gasteiger partial charge >= 0.3 is 0 Å². The minimum absolute atomic E-state index is 0.00919. The van der Waals surface area contributed by atoms with E-state index in [1.807, 2.05) is 36.4 Å². The number of phenols is 1. The minimum atomic E-state index is -0.164. The van der Waals surface area contributed by atoms with E-state index in [0.717, 1.165) is 28.7 Å². The number of fused-ring (bicyclic) bond motifs is 1. The summed E-state index contributed by atoms with van der Waals surface area (Å²) in [5.41, 5.74) is 4.68. The molecule has 5 heteroatoms. The topological polar surface area (TPSA) is 59.0 Å². The average molecular weight is 403 g/mol. The van der Waals surface area contributed by atoms with Crippen LogP contribution in [-0.2, 0) is 19.4 Å². The molecular weight excluding hydrogens is 378 g/mol. The highest BCUT2D eigenvalue weighted by molar-refractivity contribution is 5.97. The second-order valence-corrected chi connectivity index (χ2v) is 7.47. The van der Waals surface area contributed by atoms with Crippen molar-refractivity contribution in [1.29, 1.82) is 0 Å². The lowest BCUT2D eigenvalue weighted by Gasteiger charge is -2.30. The zero-order valence-electron chi connectivity index (χ0n) is 17.2. The van der Waals surface area contributed by atoms with Gasteiger partial charge in [0.25, 0.3) is 5.91 Å². The predicted molar refractivity (Wildman–Crippen MR) is 115 cm³/mol. The quantitative estimate of drug-likeness (QED) is 0.694. The summed E-state index contributed by atoms with van der Waals surface area (Å²) in [5.74, 6) is 1.19. The van der Waals surface area contributed by atoms with E-state index in [-0.39, 0.29) is 11.7 Å². The largest absolute Gasteiger partial charge is 0.507 e. The molecule has 1 aliphatic rings. The predicted octanol–water partition coefficient (Wildman–Crippen LogP) is 4.20. The Labute approximate surface area is 176 Å². The van der Waals surface area contributed by atoms with E-state index in [1.54, 1.807) is 31.3 Å². The highest BCUT2D eigenvalue weighted by Crippen LogP contribution is 2.34. The first-order valence-electron chi connectivity index (χ1n) is 9.98. The molecule has 30 heavy (non-hydrogen) atoms. The first-order chi connectivity index (χ1) is 14.6. The van der Waals surface area contributed by atoms with E-state index in [9.17, 15) is 9.90 Å². The number of carbonyl (C=O) groups is 1. The number of hydrogen-bond donors (Lipinski definition) is 1. The molecule has 0 aliphatic carbocycles. The number of carbonyl (C=O) groups excluding carboxylic acids is 1. The fourth-order valence-electron chi connectivity index (χ4n) is 3.92. The monoisotopic (exact) mass is 403 g/mol. The maximum Gasteiger partial charge on any atom is 0.257 e. The highest BCUT2D eigenvalue weighted by atomic mass is 16.5. The Morgan fingerprint density at radius 1 is 0.933 bits per heavy atom. The van der Waals surface area contributed by atoms with Crippen molar-refractivity contribution in [2.45, 2.75) is 19.4 Å². The van der Waals surface area contributed by atoms with Gasteiger partial charge in [-0.15, -0.1) is 0 Å². The third kappa shape index (κ3) is 3.96. The summed E-state index contributed by atoms with van der Waals surface area (Å²) in [6.07, 6.45) is 1.44. The van der Waals surface area contributed by atoms with Crippen LogP contribution >= 0.6 is 0 Å². The van der Waals surface area contributed by atoms with E-state index >= 15 is 0 Å². The van der Waals surface area contributed by atoms with Crippen molar-refractivity contribution in [3.63, 3.8) is 0 Å². The summed E-state index contributed by atoms with van der Waals surface area (Å²) < 4.78 is 10.8. The van der Waals surface area contributed by atoms with Crippen molar-refractivity contribution in [1.82, 2.24) is 4.90 Å². The van der Waals surface area contributed by atoms with Crippen molar-refractivity contribution in [3.05, 3.63) is 88.5 Å². The normalized spacial score (nSPS) is 12.9. The van der Waals surface area contributed by atoms with Crippen LogP contribution in [0.5, 0.6) is 17.2 Å². The second kappa shape index (κ2) is 8.49. The molecule has 3 aromatic rings. The van der Waals surface area contributed by atoms with Gasteiger partial charge < -0.3 is 19.5 Å². The van der Waals surface area contributed by atoms with Gasteiger partial charge in [0.05, 0.1) is 19.8 Å². The van der Waals surface area contributed by atoms with Gasteiger partial charge in [0, 0.05) is 13.1 Å². The first-order valence-corrected chi connectivity index (χ1v) is 9.98. The van der Waals surface area contributed by atoms with Gasteiger partial charge in [-0.2, -0.15) is 0 Å². The van der Waals surface area contributed by atoms with Crippen LogP contribution in [0.2, 0.25) is 0 Å². The number of rotatable bonds is 5. The Morgan fingerprint density at radius 3 is 2.33 bits per heavy atom. The van der Waals surface area contributed by atoms with Crippen molar-refractivity contribution < 1.29 is 19.4 Å². The molecule has 0 atom stereocenters. The van der Waals surface area contributed by atoms with Crippen LogP contribution in [0.25, 0.3) is 0 Å². The summed E-state index contributed by atoms with van der Waals surface area (Å²) in [4.78, 5) is 15.0. The van der Waals surface area contributed by atoms with Crippen LogP contribution in [0.15, 0.2) is 60.7 Å². The fraction of sp³-hybridized carbons (Fsp3) is 0.240. The molecule has 154 valence electrons. The van der Waals surface area contributed by atoms with Gasteiger partial charge in [0.15, 0.2) is 11.5 Å². The molecule has 3 aromatic carbocycles. The lowest BCUT2D eigenvalue weighted by molar-refractivity contribution is 0.0731. The smallest absolute Gasteiger partial charge is 0.257 e. The number of ether oxygens (including phenoxy) is 2. The Bertz CT molecular complexity index is 1060. The third-order valence-corrected chi connectivity index (χ3v) is 5.55. The van der Waals surface area contributed by atoms with Crippen molar-refractivity contribution in [2.75, 3.05) is 20.8 Å². The molecule has 0 radical (unpaired) electrons. The fourth-order valence-corrected chi connectivity index (χ4v) is 3.92. The maximum atomic E-state index is 13.2. The number of nitrogens with zero attached hydrogens (tertiary/aromatic N) is 1. The molecule has 0 bridgehead atoms. The summed E-state index contributed by atoms with van der Waals surface area (Å²) >= 11 is 0. The van der Waals surface area contributed by atoms with Crippen LogP contribution in [0, 0.1) is 0 Å². The van der Waals surface area contributed by atoms with Gasteiger partial charge in [0.1, 0.15) is 5.75 Å². The van der Waals surface area contributed by atoms with Crippen molar-refractivity contribution in [3.8, 4) is 17.2 Å². The zero-order valence-corrected chi connectivity index (χ0v) is 17.2. The van der Waals surface area contributed by atoms with Crippen LogP contribution in [0.1, 0.15) is 32.6 Å². The molecular formula is C25H25NO4. The number of amides is 1. The lowest BCUT2D eigenvalue weighted by atomic mass is 9.97. The van der Waals surface area contributed by atoms with Gasteiger partial charge in [-0.25, -0.2) is 0 Å². The first kappa shape index (κ1) is 19.8. The lowest BCUT2D eigenvalue weighted by Crippen LogP contribution is -2.36. The minimum Gasteiger partial charge on any atom is -0.507 e. The van der Waals surface area contributed by atoms with Gasteiger partial charge in [-0.3, -0.25) is 4.79 Å². The molecule has 1 amide bonds. The van der Waals surface area contributed by atoms with E-state index in [1.165, 1.54) is 0 Å². The SMILES string of the molecule is COc1cc2c(cc1OC)CN(C(=O)c1cc(Cc3ccccc3)ccc1O)CC2. The van der Waals surface area contributed by atoms with Crippen LogP contribution in [0.4, 0.5) is 0 Å². The molecule has 0 spiro atoms. The number of hydrogen-bond acceptors (Lipinski definition) is 4. The molecule has 0 fully saturated rings. The highest BCUT2D eigenvalue weighted by Gasteiger charge is 2.25. The van der Waals surface area contributed by atoms with Gasteiger partial charge in [-0.1, -0.05) is 36.4 Å². The Morgan fingerprint density at radius 2 is 1.63 bits per heavy atom. The van der Waals surface area contributed by atoms with Crippen LogP contribution < -0.4 is 9.47 Å². The molecule has 1 N–H and O–H groups in total. The number of benzene rings is 3. The number of phenolic OH excluding ortho intramolecular Hbond substituents is 1. The molecule has 0 saturated carbocycles. The number of aromatic hydroxyl groups is 1. The Balaban J connectivity index is 1.57. The summed E-state index contributed by atoms with van der Waals surface area (Å²) in [7, 11) is 3.22. The molecule has 0 saturated heterocycles. The van der Waals surface area contributed by atoms with Crippen molar-refractivity contribution in [2.24, 2.45) is 0 Å². The third-order valence-electron chi connectivity index (χ3n) is 5.55. The average Bonchev–Trinajstić information content (AvgIpc) is 2.79. The van der Waals surface area contributed by atoms with Crippen LogP contribution in [-0.4, -0.2) is 36.7 Å². The van der Waals surface area contributed by atoms with Crippen LogP contribution in [0.3, 0.4) is 0 Å². The molecule has 1 heterocycles. The zero-order chi connectivity index (χ0) is 21.1. The summed E-state index contributed by atoms with van der Waals surface area (Å²) in [5, 5.41) is 10.4. The Kier molecular flexibility index (Phi) is 5.61. The van der Waals surface area contributed by atoms with E-state index in [0.29, 0.717) is 36.6 Å². The van der Waals surface area contributed by atoms with E-state index in [4.69, 9.17) is 9.47 Å².